The zero-order valence-electron chi connectivity index (χ0n) is 7.04. The number of Topliss-reactive ketones (excluding diaryl/α,β-unsaturated/α-hetero) is 1. The third-order valence-electron chi connectivity index (χ3n) is 1.88. The van der Waals surface area contributed by atoms with Crippen molar-refractivity contribution in [2.45, 2.75) is 24.5 Å². The van der Waals surface area contributed by atoms with E-state index in [4.69, 9.17) is 0 Å². The van der Waals surface area contributed by atoms with Crippen molar-refractivity contribution in [2.75, 3.05) is 12.9 Å². The monoisotopic (exact) mass is 188 g/mol. The summed E-state index contributed by atoms with van der Waals surface area (Å²) in [7, 11) is 1.36. The second-order valence-corrected chi connectivity index (χ2v) is 3.93. The summed E-state index contributed by atoms with van der Waals surface area (Å²) in [4.78, 5) is 21.8. The summed E-state index contributed by atoms with van der Waals surface area (Å²) in [5.74, 6) is 0.330. The SMILES string of the molecule is COC(=O)CSC1CCCC1=O. The normalized spacial score (nSPS) is 22.8. The summed E-state index contributed by atoms with van der Waals surface area (Å²) in [6.07, 6.45) is 2.57. The average molecular weight is 188 g/mol. The molecule has 1 fully saturated rings. The Morgan fingerprint density at radius 1 is 1.75 bits per heavy atom. The molecule has 1 aliphatic carbocycles. The van der Waals surface area contributed by atoms with Crippen molar-refractivity contribution in [1.29, 1.82) is 0 Å². The molecule has 1 atom stereocenters. The molecule has 68 valence electrons. The van der Waals surface area contributed by atoms with Crippen molar-refractivity contribution >= 4 is 23.5 Å². The van der Waals surface area contributed by atoms with Crippen LogP contribution in [0.2, 0.25) is 0 Å². The quantitative estimate of drug-likeness (QED) is 0.620. The lowest BCUT2D eigenvalue weighted by molar-refractivity contribution is -0.137. The van der Waals surface area contributed by atoms with Crippen LogP contribution in [0.5, 0.6) is 0 Å². The van der Waals surface area contributed by atoms with E-state index in [9.17, 15) is 9.59 Å². The van der Waals surface area contributed by atoms with Crippen LogP contribution in [0.4, 0.5) is 0 Å². The van der Waals surface area contributed by atoms with E-state index in [1.807, 2.05) is 0 Å². The van der Waals surface area contributed by atoms with Crippen molar-refractivity contribution in [3.8, 4) is 0 Å². The predicted molar refractivity (Wildman–Crippen MR) is 47.1 cm³/mol. The molecule has 1 aliphatic rings. The van der Waals surface area contributed by atoms with Gasteiger partial charge in [-0.05, 0) is 12.8 Å². The minimum absolute atomic E-state index is 0.0455. The van der Waals surface area contributed by atoms with Gasteiger partial charge in [0.1, 0.15) is 5.78 Å². The Bertz CT molecular complexity index is 191. The molecule has 0 aliphatic heterocycles. The van der Waals surface area contributed by atoms with Crippen LogP contribution in [0.3, 0.4) is 0 Å². The molecule has 0 heterocycles. The predicted octanol–water partition coefficient (Wildman–Crippen LogP) is 1.01. The molecule has 0 saturated heterocycles. The largest absolute Gasteiger partial charge is 0.468 e. The van der Waals surface area contributed by atoms with Gasteiger partial charge < -0.3 is 4.74 Å². The molecule has 0 spiro atoms. The summed E-state index contributed by atoms with van der Waals surface area (Å²) in [6, 6.07) is 0. The summed E-state index contributed by atoms with van der Waals surface area (Å²) >= 11 is 1.40. The summed E-state index contributed by atoms with van der Waals surface area (Å²) in [5, 5.41) is 0.0455. The molecule has 12 heavy (non-hydrogen) atoms. The second kappa shape index (κ2) is 4.50. The molecule has 0 aromatic carbocycles. The van der Waals surface area contributed by atoms with Crippen LogP contribution in [0.25, 0.3) is 0 Å². The van der Waals surface area contributed by atoms with E-state index < -0.39 is 0 Å². The van der Waals surface area contributed by atoms with E-state index in [0.717, 1.165) is 12.8 Å². The van der Waals surface area contributed by atoms with Crippen molar-refractivity contribution < 1.29 is 14.3 Å². The number of rotatable bonds is 3. The molecule has 1 saturated carbocycles. The average Bonchev–Trinajstić information content (AvgIpc) is 2.47. The number of hydrogen-bond acceptors (Lipinski definition) is 4. The van der Waals surface area contributed by atoms with Gasteiger partial charge in [-0.15, -0.1) is 11.8 Å². The number of ketones is 1. The Morgan fingerprint density at radius 3 is 3.00 bits per heavy atom. The first-order valence-electron chi connectivity index (χ1n) is 3.95. The lowest BCUT2D eigenvalue weighted by Gasteiger charge is -2.05. The van der Waals surface area contributed by atoms with Crippen molar-refractivity contribution in [1.82, 2.24) is 0 Å². The molecule has 1 rings (SSSR count). The Balaban J connectivity index is 2.22. The van der Waals surface area contributed by atoms with Crippen molar-refractivity contribution in [3.63, 3.8) is 0 Å². The molecule has 1 unspecified atom stereocenters. The maximum Gasteiger partial charge on any atom is 0.315 e. The zero-order chi connectivity index (χ0) is 8.97. The van der Waals surface area contributed by atoms with E-state index in [1.54, 1.807) is 0 Å². The van der Waals surface area contributed by atoms with Gasteiger partial charge in [0.15, 0.2) is 0 Å². The third kappa shape index (κ3) is 2.52. The summed E-state index contributed by atoms with van der Waals surface area (Å²) in [6.45, 7) is 0. The van der Waals surface area contributed by atoms with Crippen molar-refractivity contribution in [3.05, 3.63) is 0 Å². The van der Waals surface area contributed by atoms with Crippen molar-refractivity contribution in [2.24, 2.45) is 0 Å². The van der Waals surface area contributed by atoms with E-state index in [2.05, 4.69) is 4.74 Å². The van der Waals surface area contributed by atoms with Crippen LogP contribution in [0.1, 0.15) is 19.3 Å². The lowest BCUT2D eigenvalue weighted by atomic mass is 10.3. The first kappa shape index (κ1) is 9.58. The fourth-order valence-electron chi connectivity index (χ4n) is 1.19. The fraction of sp³-hybridized carbons (Fsp3) is 0.750. The Morgan fingerprint density at radius 2 is 2.50 bits per heavy atom. The van der Waals surface area contributed by atoms with Gasteiger partial charge >= 0.3 is 5.97 Å². The molecule has 0 aromatic rings. The number of carbonyl (C=O) groups excluding carboxylic acids is 2. The zero-order valence-corrected chi connectivity index (χ0v) is 7.86. The minimum atomic E-state index is -0.250. The number of methoxy groups -OCH3 is 1. The van der Waals surface area contributed by atoms with Gasteiger partial charge in [-0.3, -0.25) is 9.59 Å². The molecular weight excluding hydrogens is 176 g/mol. The first-order valence-corrected chi connectivity index (χ1v) is 5.00. The maximum atomic E-state index is 11.1. The second-order valence-electron chi connectivity index (χ2n) is 2.73. The van der Waals surface area contributed by atoms with Crippen LogP contribution < -0.4 is 0 Å². The summed E-state index contributed by atoms with van der Waals surface area (Å²) < 4.78 is 4.47. The standard InChI is InChI=1S/C8H12O3S/c1-11-8(10)5-12-7-4-2-3-6(7)9/h7H,2-5H2,1H3. The van der Waals surface area contributed by atoms with E-state index in [1.165, 1.54) is 18.9 Å². The highest BCUT2D eigenvalue weighted by Crippen LogP contribution is 2.26. The Kier molecular flexibility index (Phi) is 3.59. The number of esters is 1. The molecule has 0 aromatic heterocycles. The molecule has 0 amide bonds. The van der Waals surface area contributed by atoms with Gasteiger partial charge in [0.25, 0.3) is 0 Å². The van der Waals surface area contributed by atoms with Gasteiger partial charge in [0, 0.05) is 6.42 Å². The topological polar surface area (TPSA) is 43.4 Å². The Labute approximate surface area is 75.8 Å². The molecule has 0 radical (unpaired) electrons. The minimum Gasteiger partial charge on any atom is -0.468 e. The number of ether oxygens (including phenoxy) is 1. The van der Waals surface area contributed by atoms with Crippen LogP contribution >= 0.6 is 11.8 Å². The maximum absolute atomic E-state index is 11.1. The lowest BCUT2D eigenvalue weighted by Crippen LogP contribution is -2.13. The van der Waals surface area contributed by atoms with E-state index >= 15 is 0 Å². The number of hydrogen-bond donors (Lipinski definition) is 0. The van der Waals surface area contributed by atoms with Crippen LogP contribution in [-0.2, 0) is 14.3 Å². The smallest absolute Gasteiger partial charge is 0.315 e. The van der Waals surface area contributed by atoms with Gasteiger partial charge in [-0.25, -0.2) is 0 Å². The van der Waals surface area contributed by atoms with E-state index in [-0.39, 0.29) is 17.0 Å². The summed E-state index contributed by atoms with van der Waals surface area (Å²) in [5.41, 5.74) is 0. The highest BCUT2D eigenvalue weighted by Gasteiger charge is 2.25. The molecule has 3 nitrogen and oxygen atoms in total. The van der Waals surface area contributed by atoms with Gasteiger partial charge in [0.05, 0.1) is 18.1 Å². The van der Waals surface area contributed by atoms with E-state index in [0.29, 0.717) is 12.2 Å². The third-order valence-corrected chi connectivity index (χ3v) is 3.18. The molecular formula is C8H12O3S. The highest BCUT2D eigenvalue weighted by atomic mass is 32.2. The Hall–Kier alpha value is -0.510. The number of thioether (sulfide) groups is 1. The van der Waals surface area contributed by atoms with Crippen LogP contribution in [-0.4, -0.2) is 29.9 Å². The van der Waals surface area contributed by atoms with Gasteiger partial charge in [0.2, 0.25) is 0 Å². The molecule has 4 heteroatoms. The highest BCUT2D eigenvalue weighted by molar-refractivity contribution is 8.01. The fourth-order valence-corrected chi connectivity index (χ4v) is 2.28. The number of carbonyl (C=O) groups is 2. The van der Waals surface area contributed by atoms with Crippen LogP contribution in [0.15, 0.2) is 0 Å². The molecule has 0 bridgehead atoms. The molecule has 0 N–H and O–H groups in total. The van der Waals surface area contributed by atoms with Crippen LogP contribution in [0, 0.1) is 0 Å². The van der Waals surface area contributed by atoms with Gasteiger partial charge in [-0.2, -0.15) is 0 Å². The first-order chi connectivity index (χ1) is 5.74. The van der Waals surface area contributed by atoms with Gasteiger partial charge in [-0.1, -0.05) is 0 Å².